The molecule has 0 saturated heterocycles. The first-order chi connectivity index (χ1) is 10.5. The van der Waals surface area contributed by atoms with E-state index in [1.165, 1.54) is 0 Å². The number of benzene rings is 1. The lowest BCUT2D eigenvalue weighted by atomic mass is 10.1. The van der Waals surface area contributed by atoms with Gasteiger partial charge >= 0.3 is 0 Å². The number of ether oxygens (including phenoxy) is 1. The SMILES string of the molecule is C=CCN(CC=C)C(=O)CCc1ccc(OC(C)C)c(N)c1. The lowest BCUT2D eigenvalue weighted by Gasteiger charge is -2.19. The second-order valence-corrected chi connectivity index (χ2v) is 5.41. The Morgan fingerprint density at radius 2 is 1.95 bits per heavy atom. The molecule has 0 spiro atoms. The summed E-state index contributed by atoms with van der Waals surface area (Å²) in [5.74, 6) is 0.769. The van der Waals surface area contributed by atoms with E-state index >= 15 is 0 Å². The quantitative estimate of drug-likeness (QED) is 0.563. The van der Waals surface area contributed by atoms with Crippen molar-refractivity contribution >= 4 is 11.6 Å². The summed E-state index contributed by atoms with van der Waals surface area (Å²) in [6.07, 6.45) is 4.61. The summed E-state index contributed by atoms with van der Waals surface area (Å²) in [5.41, 5.74) is 7.62. The first kappa shape index (κ1) is 17.8. The molecule has 4 heteroatoms. The third-order valence-electron chi connectivity index (χ3n) is 3.12. The van der Waals surface area contributed by atoms with Crippen LogP contribution in [0, 0.1) is 0 Å². The molecule has 0 unspecified atom stereocenters. The standard InChI is InChI=1S/C18H26N2O2/c1-5-11-20(12-6-2)18(21)10-8-15-7-9-17(16(19)13-15)22-14(3)4/h5-7,9,13-14H,1-2,8,10-12,19H2,3-4H3. The predicted octanol–water partition coefficient (Wildman–Crippen LogP) is 3.19. The molecule has 0 radical (unpaired) electrons. The first-order valence-corrected chi connectivity index (χ1v) is 7.52. The second kappa shape index (κ2) is 8.93. The van der Waals surface area contributed by atoms with E-state index in [0.717, 1.165) is 5.56 Å². The Kier molecular flexibility index (Phi) is 7.23. The number of aryl methyl sites for hydroxylation is 1. The van der Waals surface area contributed by atoms with Gasteiger partial charge in [-0.2, -0.15) is 0 Å². The highest BCUT2D eigenvalue weighted by atomic mass is 16.5. The van der Waals surface area contributed by atoms with Crippen LogP contribution in [0.25, 0.3) is 0 Å². The molecule has 0 aliphatic rings. The molecule has 0 aliphatic heterocycles. The maximum Gasteiger partial charge on any atom is 0.223 e. The number of carbonyl (C=O) groups is 1. The molecule has 0 aromatic heterocycles. The van der Waals surface area contributed by atoms with Gasteiger partial charge in [-0.15, -0.1) is 13.2 Å². The normalized spacial score (nSPS) is 10.3. The number of carbonyl (C=O) groups excluding carboxylic acids is 1. The van der Waals surface area contributed by atoms with Gasteiger partial charge in [-0.1, -0.05) is 18.2 Å². The summed E-state index contributed by atoms with van der Waals surface area (Å²) < 4.78 is 5.61. The van der Waals surface area contributed by atoms with Crippen molar-refractivity contribution in [3.63, 3.8) is 0 Å². The zero-order valence-corrected chi connectivity index (χ0v) is 13.5. The summed E-state index contributed by atoms with van der Waals surface area (Å²) in [7, 11) is 0. The highest BCUT2D eigenvalue weighted by molar-refractivity contribution is 5.76. The Bertz CT molecular complexity index is 514. The third kappa shape index (κ3) is 5.64. The molecule has 1 aromatic rings. The van der Waals surface area contributed by atoms with Crippen LogP contribution in [-0.2, 0) is 11.2 Å². The predicted molar refractivity (Wildman–Crippen MR) is 91.9 cm³/mol. The molecule has 2 N–H and O–H groups in total. The lowest BCUT2D eigenvalue weighted by Crippen LogP contribution is -2.31. The number of nitrogens with two attached hydrogens (primary N) is 1. The smallest absolute Gasteiger partial charge is 0.223 e. The van der Waals surface area contributed by atoms with Crippen molar-refractivity contribution in [2.45, 2.75) is 32.8 Å². The summed E-state index contributed by atoms with van der Waals surface area (Å²) >= 11 is 0. The van der Waals surface area contributed by atoms with E-state index in [1.54, 1.807) is 17.1 Å². The van der Waals surface area contributed by atoms with Crippen molar-refractivity contribution in [1.82, 2.24) is 4.90 Å². The topological polar surface area (TPSA) is 55.6 Å². The highest BCUT2D eigenvalue weighted by Gasteiger charge is 2.11. The van der Waals surface area contributed by atoms with Crippen LogP contribution in [0.3, 0.4) is 0 Å². The van der Waals surface area contributed by atoms with Crippen LogP contribution in [0.2, 0.25) is 0 Å². The molecule has 0 atom stereocenters. The zero-order valence-electron chi connectivity index (χ0n) is 13.5. The summed E-state index contributed by atoms with van der Waals surface area (Å²) in [5, 5.41) is 0. The fraction of sp³-hybridized carbons (Fsp3) is 0.389. The molecule has 1 rings (SSSR count). The lowest BCUT2D eigenvalue weighted by molar-refractivity contribution is -0.130. The largest absolute Gasteiger partial charge is 0.489 e. The zero-order chi connectivity index (χ0) is 16.5. The number of hydrogen-bond donors (Lipinski definition) is 1. The van der Waals surface area contributed by atoms with Crippen molar-refractivity contribution in [2.24, 2.45) is 0 Å². The molecule has 120 valence electrons. The maximum atomic E-state index is 12.2. The summed E-state index contributed by atoms with van der Waals surface area (Å²) in [4.78, 5) is 13.9. The fourth-order valence-electron chi connectivity index (χ4n) is 2.11. The number of nitrogen functional groups attached to an aromatic ring is 1. The van der Waals surface area contributed by atoms with Crippen molar-refractivity contribution < 1.29 is 9.53 Å². The van der Waals surface area contributed by atoms with Crippen molar-refractivity contribution in [1.29, 1.82) is 0 Å². The number of rotatable bonds is 9. The Hall–Kier alpha value is -2.23. The minimum atomic E-state index is 0.0841. The Labute approximate surface area is 133 Å². The second-order valence-electron chi connectivity index (χ2n) is 5.41. The van der Waals surface area contributed by atoms with E-state index in [0.29, 0.717) is 37.4 Å². The third-order valence-corrected chi connectivity index (χ3v) is 3.12. The van der Waals surface area contributed by atoms with E-state index in [-0.39, 0.29) is 12.0 Å². The molecule has 4 nitrogen and oxygen atoms in total. The van der Waals surface area contributed by atoms with Gasteiger partial charge in [-0.05, 0) is 38.0 Å². The monoisotopic (exact) mass is 302 g/mol. The minimum absolute atomic E-state index is 0.0841. The molecule has 0 heterocycles. The highest BCUT2D eigenvalue weighted by Crippen LogP contribution is 2.24. The van der Waals surface area contributed by atoms with Crippen LogP contribution in [0.15, 0.2) is 43.5 Å². The van der Waals surface area contributed by atoms with Gasteiger partial charge in [-0.3, -0.25) is 4.79 Å². The Morgan fingerprint density at radius 3 is 2.45 bits per heavy atom. The number of hydrogen-bond acceptors (Lipinski definition) is 3. The van der Waals surface area contributed by atoms with Gasteiger partial charge in [0.25, 0.3) is 0 Å². The van der Waals surface area contributed by atoms with Gasteiger partial charge in [0.05, 0.1) is 11.8 Å². The van der Waals surface area contributed by atoms with E-state index in [9.17, 15) is 4.79 Å². The van der Waals surface area contributed by atoms with Gasteiger partial charge in [0.15, 0.2) is 0 Å². The molecule has 1 aromatic carbocycles. The van der Waals surface area contributed by atoms with E-state index < -0.39 is 0 Å². The number of anilines is 1. The molecule has 0 saturated carbocycles. The minimum Gasteiger partial charge on any atom is -0.489 e. The van der Waals surface area contributed by atoms with Crippen LogP contribution < -0.4 is 10.5 Å². The fourth-order valence-corrected chi connectivity index (χ4v) is 2.11. The van der Waals surface area contributed by atoms with Gasteiger partial charge in [0.2, 0.25) is 5.91 Å². The van der Waals surface area contributed by atoms with Crippen LogP contribution in [0.5, 0.6) is 5.75 Å². The van der Waals surface area contributed by atoms with E-state index in [2.05, 4.69) is 13.2 Å². The molecule has 0 aliphatic carbocycles. The van der Waals surface area contributed by atoms with Gasteiger partial charge in [-0.25, -0.2) is 0 Å². The summed E-state index contributed by atoms with van der Waals surface area (Å²) in [6, 6.07) is 5.68. The van der Waals surface area contributed by atoms with Crippen LogP contribution in [0.4, 0.5) is 5.69 Å². The average molecular weight is 302 g/mol. The van der Waals surface area contributed by atoms with Gasteiger partial charge < -0.3 is 15.4 Å². The average Bonchev–Trinajstić information content (AvgIpc) is 2.46. The molecule has 0 fully saturated rings. The molecule has 1 amide bonds. The van der Waals surface area contributed by atoms with E-state index in [1.807, 2.05) is 32.0 Å². The Balaban J connectivity index is 2.63. The van der Waals surface area contributed by atoms with E-state index in [4.69, 9.17) is 10.5 Å². The van der Waals surface area contributed by atoms with Gasteiger partial charge in [0.1, 0.15) is 5.75 Å². The van der Waals surface area contributed by atoms with Crippen LogP contribution >= 0.6 is 0 Å². The van der Waals surface area contributed by atoms with Crippen molar-refractivity contribution in [3.8, 4) is 5.75 Å². The molecule has 0 bridgehead atoms. The Morgan fingerprint density at radius 1 is 1.32 bits per heavy atom. The van der Waals surface area contributed by atoms with Gasteiger partial charge in [0, 0.05) is 19.5 Å². The van der Waals surface area contributed by atoms with Crippen molar-refractivity contribution in [2.75, 3.05) is 18.8 Å². The molecular weight excluding hydrogens is 276 g/mol. The molecule has 22 heavy (non-hydrogen) atoms. The molecular formula is C18H26N2O2. The van der Waals surface area contributed by atoms with Crippen LogP contribution in [-0.4, -0.2) is 30.0 Å². The summed E-state index contributed by atoms with van der Waals surface area (Å²) in [6.45, 7) is 12.3. The van der Waals surface area contributed by atoms with Crippen LogP contribution in [0.1, 0.15) is 25.8 Å². The first-order valence-electron chi connectivity index (χ1n) is 7.52. The van der Waals surface area contributed by atoms with Crippen molar-refractivity contribution in [3.05, 3.63) is 49.1 Å². The number of nitrogens with zero attached hydrogens (tertiary/aromatic N) is 1. The number of amides is 1. The maximum absolute atomic E-state index is 12.2.